The second-order valence-corrected chi connectivity index (χ2v) is 5.78. The summed E-state index contributed by atoms with van der Waals surface area (Å²) in [7, 11) is -2.07. The standard InChI is InChI=1S/C9H17NO6S/c1-7(11)10-8(9(12)13)6-17(14,15)5-3-4-16-2/h8H,3-6H2,1-2H3,(H,10,11)(H,12,13). The van der Waals surface area contributed by atoms with Crippen LogP contribution in [0.3, 0.4) is 0 Å². The molecule has 0 aliphatic heterocycles. The molecule has 0 rings (SSSR count). The summed E-state index contributed by atoms with van der Waals surface area (Å²) in [5, 5.41) is 10.8. The molecule has 0 aliphatic rings. The summed E-state index contributed by atoms with van der Waals surface area (Å²) in [4.78, 5) is 21.5. The number of hydrogen-bond acceptors (Lipinski definition) is 5. The molecule has 0 aromatic rings. The van der Waals surface area contributed by atoms with E-state index in [1.807, 2.05) is 0 Å². The zero-order valence-electron chi connectivity index (χ0n) is 9.80. The van der Waals surface area contributed by atoms with Crippen LogP contribution in [0.4, 0.5) is 0 Å². The Bertz CT molecular complexity index is 364. The average molecular weight is 267 g/mol. The van der Waals surface area contributed by atoms with Gasteiger partial charge in [0.05, 0.1) is 11.5 Å². The molecular weight excluding hydrogens is 250 g/mol. The van der Waals surface area contributed by atoms with Crippen molar-refractivity contribution in [1.82, 2.24) is 5.32 Å². The van der Waals surface area contributed by atoms with Crippen LogP contribution < -0.4 is 5.32 Å². The molecule has 17 heavy (non-hydrogen) atoms. The van der Waals surface area contributed by atoms with Gasteiger partial charge in [-0.1, -0.05) is 0 Å². The second kappa shape index (κ2) is 7.23. The smallest absolute Gasteiger partial charge is 0.327 e. The Labute approximate surface area is 100 Å². The zero-order chi connectivity index (χ0) is 13.5. The molecule has 0 aromatic carbocycles. The highest BCUT2D eigenvalue weighted by Gasteiger charge is 2.25. The predicted octanol–water partition coefficient (Wildman–Crippen LogP) is -0.973. The molecule has 1 amide bonds. The van der Waals surface area contributed by atoms with Crippen LogP contribution in [-0.4, -0.2) is 56.7 Å². The molecule has 0 aliphatic carbocycles. The minimum absolute atomic E-state index is 0.162. The van der Waals surface area contributed by atoms with E-state index in [1.54, 1.807) is 0 Å². The number of methoxy groups -OCH3 is 1. The van der Waals surface area contributed by atoms with Gasteiger partial charge < -0.3 is 15.2 Å². The first-order valence-electron chi connectivity index (χ1n) is 4.98. The largest absolute Gasteiger partial charge is 0.480 e. The number of carboxylic acid groups (broad SMARTS) is 1. The summed E-state index contributed by atoms with van der Waals surface area (Å²) in [5.74, 6) is -2.71. The summed E-state index contributed by atoms with van der Waals surface area (Å²) >= 11 is 0. The first-order chi connectivity index (χ1) is 7.78. The molecule has 8 heteroatoms. The molecule has 1 unspecified atom stereocenters. The van der Waals surface area contributed by atoms with E-state index >= 15 is 0 Å². The number of sulfone groups is 1. The number of carbonyl (C=O) groups excluding carboxylic acids is 1. The number of aliphatic carboxylic acids is 1. The number of amides is 1. The second-order valence-electron chi connectivity index (χ2n) is 3.55. The molecule has 1 atom stereocenters. The van der Waals surface area contributed by atoms with E-state index in [4.69, 9.17) is 9.84 Å². The van der Waals surface area contributed by atoms with E-state index in [0.29, 0.717) is 6.42 Å². The monoisotopic (exact) mass is 267 g/mol. The lowest BCUT2D eigenvalue weighted by Crippen LogP contribution is -2.44. The van der Waals surface area contributed by atoms with Crippen molar-refractivity contribution >= 4 is 21.7 Å². The molecule has 7 nitrogen and oxygen atoms in total. The van der Waals surface area contributed by atoms with Crippen molar-refractivity contribution in [3.8, 4) is 0 Å². The summed E-state index contributed by atoms with van der Waals surface area (Å²) in [6, 6.07) is -1.40. The van der Waals surface area contributed by atoms with Crippen molar-refractivity contribution in [2.45, 2.75) is 19.4 Å². The highest BCUT2D eigenvalue weighted by atomic mass is 32.2. The van der Waals surface area contributed by atoms with Crippen molar-refractivity contribution < 1.29 is 27.9 Å². The first-order valence-corrected chi connectivity index (χ1v) is 6.80. The Hall–Kier alpha value is -1.15. The van der Waals surface area contributed by atoms with Crippen molar-refractivity contribution in [2.24, 2.45) is 0 Å². The van der Waals surface area contributed by atoms with E-state index < -0.39 is 33.5 Å². The number of ether oxygens (including phenoxy) is 1. The lowest BCUT2D eigenvalue weighted by atomic mass is 10.3. The van der Waals surface area contributed by atoms with Crippen LogP contribution in [0, 0.1) is 0 Å². The van der Waals surface area contributed by atoms with Gasteiger partial charge in [0.25, 0.3) is 0 Å². The SMILES string of the molecule is COCCCS(=O)(=O)CC(NC(C)=O)C(=O)O. The van der Waals surface area contributed by atoms with Gasteiger partial charge in [-0.2, -0.15) is 0 Å². The fraction of sp³-hybridized carbons (Fsp3) is 0.778. The third-order valence-electron chi connectivity index (χ3n) is 1.90. The lowest BCUT2D eigenvalue weighted by Gasteiger charge is -2.13. The molecule has 0 spiro atoms. The summed E-state index contributed by atoms with van der Waals surface area (Å²) in [5.41, 5.74) is 0. The fourth-order valence-electron chi connectivity index (χ4n) is 1.18. The maximum Gasteiger partial charge on any atom is 0.327 e. The van der Waals surface area contributed by atoms with Crippen molar-refractivity contribution in [3.63, 3.8) is 0 Å². The van der Waals surface area contributed by atoms with Crippen LogP contribution in [0.2, 0.25) is 0 Å². The minimum Gasteiger partial charge on any atom is -0.480 e. The molecule has 0 aromatic heterocycles. The number of hydrogen-bond donors (Lipinski definition) is 2. The molecule has 0 saturated carbocycles. The molecule has 100 valence electrons. The van der Waals surface area contributed by atoms with Gasteiger partial charge in [-0.3, -0.25) is 4.79 Å². The van der Waals surface area contributed by atoms with E-state index in [9.17, 15) is 18.0 Å². The third-order valence-corrected chi connectivity index (χ3v) is 3.65. The Balaban J connectivity index is 4.42. The van der Waals surface area contributed by atoms with Crippen LogP contribution >= 0.6 is 0 Å². The lowest BCUT2D eigenvalue weighted by molar-refractivity contribution is -0.140. The molecular formula is C9H17NO6S. The maximum absolute atomic E-state index is 11.5. The molecule has 0 saturated heterocycles. The van der Waals surface area contributed by atoms with Crippen molar-refractivity contribution in [3.05, 3.63) is 0 Å². The van der Waals surface area contributed by atoms with Crippen LogP contribution in [-0.2, 0) is 24.2 Å². The Morgan fingerprint density at radius 3 is 2.41 bits per heavy atom. The topological polar surface area (TPSA) is 110 Å². The Morgan fingerprint density at radius 2 is 2.00 bits per heavy atom. The zero-order valence-corrected chi connectivity index (χ0v) is 10.6. The first kappa shape index (κ1) is 15.9. The van der Waals surface area contributed by atoms with Crippen LogP contribution in [0.1, 0.15) is 13.3 Å². The number of carboxylic acids is 1. The van der Waals surface area contributed by atoms with Gasteiger partial charge in [0.15, 0.2) is 9.84 Å². The van der Waals surface area contributed by atoms with Gasteiger partial charge in [-0.05, 0) is 6.42 Å². The summed E-state index contributed by atoms with van der Waals surface area (Å²) in [6.45, 7) is 1.42. The van der Waals surface area contributed by atoms with Gasteiger partial charge in [-0.15, -0.1) is 0 Å². The summed E-state index contributed by atoms with van der Waals surface area (Å²) in [6.07, 6.45) is 0.297. The Morgan fingerprint density at radius 1 is 1.41 bits per heavy atom. The molecule has 0 radical (unpaired) electrons. The molecule has 0 fully saturated rings. The van der Waals surface area contributed by atoms with E-state index in [2.05, 4.69) is 5.32 Å². The fourth-order valence-corrected chi connectivity index (χ4v) is 2.64. The highest BCUT2D eigenvalue weighted by molar-refractivity contribution is 7.91. The third kappa shape index (κ3) is 7.70. The van der Waals surface area contributed by atoms with Gasteiger partial charge in [-0.25, -0.2) is 13.2 Å². The predicted molar refractivity (Wildman–Crippen MR) is 60.4 cm³/mol. The highest BCUT2D eigenvalue weighted by Crippen LogP contribution is 1.99. The average Bonchev–Trinajstić information content (AvgIpc) is 2.15. The van der Waals surface area contributed by atoms with E-state index in [0.717, 1.165) is 6.92 Å². The number of carbonyl (C=O) groups is 2. The van der Waals surface area contributed by atoms with Gasteiger partial charge in [0, 0.05) is 20.6 Å². The molecule has 0 heterocycles. The van der Waals surface area contributed by atoms with Crippen molar-refractivity contribution in [2.75, 3.05) is 25.2 Å². The van der Waals surface area contributed by atoms with E-state index in [-0.39, 0.29) is 12.4 Å². The quantitative estimate of drug-likeness (QED) is 0.547. The number of rotatable bonds is 8. The molecule has 0 bridgehead atoms. The maximum atomic E-state index is 11.5. The summed E-state index contributed by atoms with van der Waals surface area (Å²) < 4.78 is 27.8. The van der Waals surface area contributed by atoms with Crippen LogP contribution in [0.25, 0.3) is 0 Å². The normalized spacial score (nSPS) is 13.1. The van der Waals surface area contributed by atoms with Gasteiger partial charge >= 0.3 is 5.97 Å². The van der Waals surface area contributed by atoms with Crippen LogP contribution in [0.5, 0.6) is 0 Å². The van der Waals surface area contributed by atoms with Crippen LogP contribution in [0.15, 0.2) is 0 Å². The van der Waals surface area contributed by atoms with E-state index in [1.165, 1.54) is 7.11 Å². The number of nitrogens with one attached hydrogen (secondary N) is 1. The minimum atomic E-state index is -3.52. The van der Waals surface area contributed by atoms with Crippen molar-refractivity contribution in [1.29, 1.82) is 0 Å². The van der Waals surface area contributed by atoms with Gasteiger partial charge in [0.2, 0.25) is 5.91 Å². The van der Waals surface area contributed by atoms with Gasteiger partial charge in [0.1, 0.15) is 6.04 Å². The Kier molecular flexibility index (Phi) is 6.74. The molecule has 2 N–H and O–H groups in total.